The van der Waals surface area contributed by atoms with Gasteiger partial charge in [0.1, 0.15) is 0 Å². The van der Waals surface area contributed by atoms with Crippen molar-refractivity contribution >= 4 is 46.8 Å². The third-order valence-electron chi connectivity index (χ3n) is 5.92. The number of nitrogens with zero attached hydrogens (tertiary/aromatic N) is 3. The van der Waals surface area contributed by atoms with Crippen molar-refractivity contribution < 1.29 is 14.4 Å². The van der Waals surface area contributed by atoms with Crippen LogP contribution >= 0.6 is 11.6 Å². The summed E-state index contributed by atoms with van der Waals surface area (Å²) in [6.45, 7) is 3.36. The highest BCUT2D eigenvalue weighted by Gasteiger charge is 2.22. The molecule has 2 heterocycles. The van der Waals surface area contributed by atoms with Crippen LogP contribution in [0.5, 0.6) is 0 Å². The number of anilines is 2. The van der Waals surface area contributed by atoms with Crippen molar-refractivity contribution in [1.29, 1.82) is 0 Å². The van der Waals surface area contributed by atoms with Crippen LogP contribution in [0, 0.1) is 0 Å². The van der Waals surface area contributed by atoms with Crippen molar-refractivity contribution in [3.63, 3.8) is 0 Å². The molecule has 0 aliphatic carbocycles. The molecule has 0 atom stereocenters. The molecule has 1 N–H and O–H groups in total. The number of nitrogens with one attached hydrogen (secondary N) is 1. The predicted octanol–water partition coefficient (Wildman–Crippen LogP) is 2.95. The molecule has 2 saturated heterocycles. The summed E-state index contributed by atoms with van der Waals surface area (Å²) in [6.07, 6.45) is 4.59. The zero-order chi connectivity index (χ0) is 23.2. The van der Waals surface area contributed by atoms with Crippen molar-refractivity contribution in [2.45, 2.75) is 12.8 Å². The maximum absolute atomic E-state index is 12.5. The molecule has 0 bridgehead atoms. The molecule has 0 saturated carbocycles. The first-order valence-corrected chi connectivity index (χ1v) is 11.5. The number of amides is 3. The Morgan fingerprint density at radius 3 is 2.39 bits per heavy atom. The number of piperazine rings is 1. The van der Waals surface area contributed by atoms with Crippen molar-refractivity contribution in [1.82, 2.24) is 10.2 Å². The SMILES string of the molecule is O=C(/C=C/c1ccc(N2CCCC2=O)cc1)NCC(=O)N1CCN(c2cccc(Cl)c2)CC1. The Morgan fingerprint density at radius 2 is 1.73 bits per heavy atom. The maximum atomic E-state index is 12.5. The Kier molecular flexibility index (Phi) is 7.29. The quantitative estimate of drug-likeness (QED) is 0.664. The van der Waals surface area contributed by atoms with Crippen molar-refractivity contribution in [3.05, 3.63) is 65.2 Å². The second kappa shape index (κ2) is 10.5. The van der Waals surface area contributed by atoms with Crippen LogP contribution in [-0.4, -0.2) is 61.9 Å². The molecule has 2 aromatic carbocycles. The fourth-order valence-corrected chi connectivity index (χ4v) is 4.26. The molecule has 8 heteroatoms. The highest BCUT2D eigenvalue weighted by Crippen LogP contribution is 2.22. The summed E-state index contributed by atoms with van der Waals surface area (Å²) in [5, 5.41) is 3.36. The largest absolute Gasteiger partial charge is 0.368 e. The third-order valence-corrected chi connectivity index (χ3v) is 6.16. The second-order valence-corrected chi connectivity index (χ2v) is 8.58. The summed E-state index contributed by atoms with van der Waals surface area (Å²) in [7, 11) is 0. The highest BCUT2D eigenvalue weighted by atomic mass is 35.5. The number of rotatable bonds is 6. The van der Waals surface area contributed by atoms with Crippen LogP contribution in [0.25, 0.3) is 6.08 Å². The molecule has 2 aromatic rings. The van der Waals surface area contributed by atoms with Gasteiger partial charge in [0.05, 0.1) is 6.54 Å². The number of carbonyl (C=O) groups is 3. The molecule has 2 aliphatic heterocycles. The van der Waals surface area contributed by atoms with E-state index >= 15 is 0 Å². The lowest BCUT2D eigenvalue weighted by molar-refractivity contribution is -0.132. The Balaban J connectivity index is 1.21. The summed E-state index contributed by atoms with van der Waals surface area (Å²) in [5.74, 6) is -0.268. The van der Waals surface area contributed by atoms with Crippen LogP contribution in [0.2, 0.25) is 5.02 Å². The summed E-state index contributed by atoms with van der Waals surface area (Å²) < 4.78 is 0. The van der Waals surface area contributed by atoms with E-state index in [4.69, 9.17) is 11.6 Å². The average molecular weight is 467 g/mol. The monoisotopic (exact) mass is 466 g/mol. The van der Waals surface area contributed by atoms with Crippen LogP contribution in [0.1, 0.15) is 18.4 Å². The first-order valence-electron chi connectivity index (χ1n) is 11.1. The van der Waals surface area contributed by atoms with E-state index in [0.717, 1.165) is 43.0 Å². The van der Waals surface area contributed by atoms with Gasteiger partial charge in [0.15, 0.2) is 0 Å². The van der Waals surface area contributed by atoms with E-state index in [1.807, 2.05) is 48.5 Å². The van der Waals surface area contributed by atoms with Gasteiger partial charge >= 0.3 is 0 Å². The molecule has 0 unspecified atom stereocenters. The minimum atomic E-state index is -0.320. The Bertz CT molecular complexity index is 1050. The van der Waals surface area contributed by atoms with E-state index in [2.05, 4.69) is 10.2 Å². The van der Waals surface area contributed by atoms with Gasteiger partial charge in [0, 0.05) is 61.6 Å². The number of hydrogen-bond donors (Lipinski definition) is 1. The third kappa shape index (κ3) is 5.93. The summed E-state index contributed by atoms with van der Waals surface area (Å²) in [4.78, 5) is 42.2. The van der Waals surface area contributed by atoms with Crippen LogP contribution in [0.3, 0.4) is 0 Å². The Morgan fingerprint density at radius 1 is 0.970 bits per heavy atom. The van der Waals surface area contributed by atoms with Gasteiger partial charge < -0.3 is 20.0 Å². The molecule has 7 nitrogen and oxygen atoms in total. The van der Waals surface area contributed by atoms with Gasteiger partial charge in [-0.25, -0.2) is 0 Å². The Hall–Kier alpha value is -3.32. The maximum Gasteiger partial charge on any atom is 0.244 e. The number of halogens is 1. The number of hydrogen-bond acceptors (Lipinski definition) is 4. The standard InChI is InChI=1S/C25H27ClN4O3/c26-20-3-1-4-22(17-20)28-13-15-29(16-14-28)25(33)18-27-23(31)11-8-19-6-9-21(10-7-19)30-12-2-5-24(30)32/h1,3-4,6-11,17H,2,5,12-16,18H2,(H,27,31)/b11-8+. The van der Waals surface area contributed by atoms with Crippen LogP contribution in [0.4, 0.5) is 11.4 Å². The molecule has 33 heavy (non-hydrogen) atoms. The summed E-state index contributed by atoms with van der Waals surface area (Å²) in [6, 6.07) is 15.2. The normalized spacial score (nSPS) is 16.5. The molecule has 172 valence electrons. The molecular formula is C25H27ClN4O3. The van der Waals surface area contributed by atoms with Gasteiger partial charge in [-0.15, -0.1) is 0 Å². The second-order valence-electron chi connectivity index (χ2n) is 8.14. The fraction of sp³-hybridized carbons (Fsp3) is 0.320. The first-order chi connectivity index (χ1) is 16.0. The molecule has 4 rings (SSSR count). The zero-order valence-electron chi connectivity index (χ0n) is 18.4. The van der Waals surface area contributed by atoms with E-state index in [1.54, 1.807) is 15.9 Å². The predicted molar refractivity (Wildman–Crippen MR) is 130 cm³/mol. The summed E-state index contributed by atoms with van der Waals surface area (Å²) >= 11 is 6.07. The first kappa shape index (κ1) is 22.9. The fourth-order valence-electron chi connectivity index (χ4n) is 4.08. The van der Waals surface area contributed by atoms with Crippen molar-refractivity contribution in [2.75, 3.05) is 49.1 Å². The molecule has 0 radical (unpaired) electrons. The molecule has 3 amide bonds. The minimum Gasteiger partial charge on any atom is -0.368 e. The van der Waals surface area contributed by atoms with E-state index in [9.17, 15) is 14.4 Å². The Labute approximate surface area is 198 Å². The molecule has 0 aromatic heterocycles. The smallest absolute Gasteiger partial charge is 0.244 e. The molecule has 2 fully saturated rings. The lowest BCUT2D eigenvalue weighted by Gasteiger charge is -2.36. The molecular weight excluding hydrogens is 440 g/mol. The molecule has 2 aliphatic rings. The van der Waals surface area contributed by atoms with E-state index < -0.39 is 0 Å². The van der Waals surface area contributed by atoms with Crippen molar-refractivity contribution in [3.8, 4) is 0 Å². The van der Waals surface area contributed by atoms with Crippen LogP contribution in [-0.2, 0) is 14.4 Å². The van der Waals surface area contributed by atoms with Gasteiger partial charge in [0.2, 0.25) is 17.7 Å². The van der Waals surface area contributed by atoms with E-state index in [-0.39, 0.29) is 24.3 Å². The van der Waals surface area contributed by atoms with Gasteiger partial charge in [-0.2, -0.15) is 0 Å². The lowest BCUT2D eigenvalue weighted by atomic mass is 10.2. The topological polar surface area (TPSA) is 73.0 Å². The van der Waals surface area contributed by atoms with Gasteiger partial charge in [-0.1, -0.05) is 29.8 Å². The average Bonchev–Trinajstić information content (AvgIpc) is 3.27. The van der Waals surface area contributed by atoms with Gasteiger partial charge in [-0.3, -0.25) is 14.4 Å². The van der Waals surface area contributed by atoms with E-state index in [0.29, 0.717) is 24.5 Å². The van der Waals surface area contributed by atoms with Crippen LogP contribution in [0.15, 0.2) is 54.6 Å². The zero-order valence-corrected chi connectivity index (χ0v) is 19.1. The number of benzene rings is 2. The van der Waals surface area contributed by atoms with Gasteiger partial charge in [0.25, 0.3) is 0 Å². The highest BCUT2D eigenvalue weighted by molar-refractivity contribution is 6.30. The number of carbonyl (C=O) groups excluding carboxylic acids is 3. The van der Waals surface area contributed by atoms with Crippen molar-refractivity contribution in [2.24, 2.45) is 0 Å². The van der Waals surface area contributed by atoms with E-state index in [1.165, 1.54) is 6.08 Å². The minimum absolute atomic E-state index is 0.0314. The van der Waals surface area contributed by atoms with Gasteiger partial charge in [-0.05, 0) is 48.4 Å². The lowest BCUT2D eigenvalue weighted by Crippen LogP contribution is -2.51. The molecule has 0 spiro atoms. The van der Waals surface area contributed by atoms with Crippen LogP contribution < -0.4 is 15.1 Å². The summed E-state index contributed by atoms with van der Waals surface area (Å²) in [5.41, 5.74) is 2.78.